The molecule has 5 nitrogen and oxygen atoms in total. The number of hydrogen-bond donors (Lipinski definition) is 0. The van der Waals surface area contributed by atoms with E-state index in [9.17, 15) is 0 Å². The molecule has 2 radical (unpaired) electrons. The van der Waals surface area contributed by atoms with Crippen molar-refractivity contribution in [3.63, 3.8) is 0 Å². The summed E-state index contributed by atoms with van der Waals surface area (Å²) in [4.78, 5) is 0. The molecule has 2 aliphatic heterocycles. The van der Waals surface area contributed by atoms with Gasteiger partial charge in [0.2, 0.25) is 0 Å². The van der Waals surface area contributed by atoms with Crippen molar-refractivity contribution in [2.24, 2.45) is 5.92 Å². The third-order valence-electron chi connectivity index (χ3n) is 9.36. The molecular formula is C30H50BBrFeN2O3P+. The zero-order valence-corrected chi connectivity index (χ0v) is 28.0. The number of nitrogens with zero attached hydrogens (tertiary/aromatic N) is 2. The van der Waals surface area contributed by atoms with E-state index in [1.165, 1.54) is 76.2 Å². The second-order valence-electron chi connectivity index (χ2n) is 11.6. The van der Waals surface area contributed by atoms with Gasteiger partial charge in [0.05, 0.1) is 37.1 Å². The van der Waals surface area contributed by atoms with Gasteiger partial charge in [0.25, 0.3) is 0 Å². The van der Waals surface area contributed by atoms with E-state index in [0.29, 0.717) is 23.7 Å². The molecule has 9 heteroatoms. The van der Waals surface area contributed by atoms with Gasteiger partial charge in [0.15, 0.2) is 0 Å². The molecule has 1 aromatic rings. The molecule has 5 rings (SSSR count). The normalized spacial score (nSPS) is 28.7. The van der Waals surface area contributed by atoms with Crippen molar-refractivity contribution in [1.29, 1.82) is 0 Å². The van der Waals surface area contributed by atoms with E-state index in [1.54, 1.807) is 0 Å². The largest absolute Gasteiger partial charge is 0.409 e. The van der Waals surface area contributed by atoms with Gasteiger partial charge in [0, 0.05) is 61.9 Å². The van der Waals surface area contributed by atoms with Gasteiger partial charge in [0.1, 0.15) is 7.44 Å². The maximum atomic E-state index is 7.84. The summed E-state index contributed by atoms with van der Waals surface area (Å²) in [6.07, 6.45) is 15.8. The standard InChI is InChI=1S/C25H40BBrN2O3P.C5H10.Fe/c1-30-17-19-9-7-15-28(19)33(26,29-16-8-10-20(29)18-31-2)24-14-6-12-22(24)25(32-3)21-11-4-5-13-23(21)27;1-2-4-5-3-1;/h4-5,11,13,19-20,22,24-25H,6-10,12,14-18H2,1-3H3;1-5H2;/q+1;;/t19-,20-,22?,24?,25-;;/m0../s1. The van der Waals surface area contributed by atoms with Crippen molar-refractivity contribution in [1.82, 2.24) is 9.34 Å². The van der Waals surface area contributed by atoms with Gasteiger partial charge >= 0.3 is 7.57 Å². The molecule has 2 saturated heterocycles. The molecule has 0 N–H and O–H groups in total. The van der Waals surface area contributed by atoms with E-state index >= 15 is 0 Å². The average molecular weight is 664 g/mol. The Morgan fingerprint density at radius 2 is 1.36 bits per heavy atom. The fourth-order valence-electron chi connectivity index (χ4n) is 7.65. The van der Waals surface area contributed by atoms with Crippen molar-refractivity contribution in [2.75, 3.05) is 47.6 Å². The van der Waals surface area contributed by atoms with Crippen molar-refractivity contribution in [3.8, 4) is 0 Å². The van der Waals surface area contributed by atoms with Crippen molar-refractivity contribution < 1.29 is 31.3 Å². The van der Waals surface area contributed by atoms with E-state index in [1.807, 2.05) is 21.3 Å². The summed E-state index contributed by atoms with van der Waals surface area (Å²) >= 11 is 3.79. The SMILES string of the molecule is C1CCCC1.[B][P+](C1CCCC1[C@@H](OC)c1ccccc1Br)(N1CCC[C@H]1COC)N1CCC[C@H]1COC.[Fe]. The first kappa shape index (κ1) is 34.0. The van der Waals surface area contributed by atoms with Crippen LogP contribution in [0.3, 0.4) is 0 Å². The third-order valence-corrected chi connectivity index (χ3v) is 14.4. The predicted molar refractivity (Wildman–Crippen MR) is 164 cm³/mol. The molecule has 0 aromatic heterocycles. The number of benzene rings is 1. The van der Waals surface area contributed by atoms with Gasteiger partial charge in [-0.05, 0) is 56.6 Å². The van der Waals surface area contributed by atoms with Crippen molar-refractivity contribution in [2.45, 2.75) is 101 Å². The number of halogens is 1. The minimum atomic E-state index is -2.13. The van der Waals surface area contributed by atoms with Gasteiger partial charge in [-0.3, -0.25) is 0 Å². The van der Waals surface area contributed by atoms with Crippen LogP contribution in [-0.2, 0) is 31.3 Å². The summed E-state index contributed by atoms with van der Waals surface area (Å²) in [6.45, 7) is 3.67. The second-order valence-corrected chi connectivity index (χ2v) is 15.6. The van der Waals surface area contributed by atoms with Crippen LogP contribution in [0.1, 0.15) is 88.7 Å². The predicted octanol–water partition coefficient (Wildman–Crippen LogP) is 7.41. The van der Waals surface area contributed by atoms with Gasteiger partial charge in [-0.2, -0.15) is 9.34 Å². The molecule has 0 spiro atoms. The second kappa shape index (κ2) is 17.0. The van der Waals surface area contributed by atoms with Gasteiger partial charge in [-0.1, -0.05) is 66.2 Å². The van der Waals surface area contributed by atoms with Crippen LogP contribution in [0.5, 0.6) is 0 Å². The fourth-order valence-corrected chi connectivity index (χ4v) is 13.0. The number of hydrogen-bond acceptors (Lipinski definition) is 5. The first-order chi connectivity index (χ1) is 18.6. The molecule has 4 fully saturated rings. The minimum Gasteiger partial charge on any atom is -0.383 e. The summed E-state index contributed by atoms with van der Waals surface area (Å²) in [5, 5.41) is 0. The smallest absolute Gasteiger partial charge is 0.383 e. The third kappa shape index (κ3) is 7.92. The van der Waals surface area contributed by atoms with Crippen molar-refractivity contribution >= 4 is 30.9 Å². The van der Waals surface area contributed by atoms with Crippen LogP contribution in [0.4, 0.5) is 0 Å². The molecule has 0 bridgehead atoms. The average Bonchev–Trinajstić information content (AvgIpc) is 3.75. The molecule has 5 atom stereocenters. The number of rotatable bonds is 10. The molecule has 0 amide bonds. The number of methoxy groups -OCH3 is 3. The molecule has 39 heavy (non-hydrogen) atoms. The van der Waals surface area contributed by atoms with E-state index in [4.69, 9.17) is 21.8 Å². The molecule has 4 aliphatic rings. The molecule has 1 aromatic carbocycles. The van der Waals surface area contributed by atoms with E-state index in [2.05, 4.69) is 49.5 Å². The maximum Gasteiger partial charge on any atom is 0.409 e. The van der Waals surface area contributed by atoms with E-state index in [0.717, 1.165) is 37.2 Å². The Morgan fingerprint density at radius 3 is 1.85 bits per heavy atom. The van der Waals surface area contributed by atoms with Gasteiger partial charge < -0.3 is 14.2 Å². The van der Waals surface area contributed by atoms with Crippen LogP contribution in [0, 0.1) is 5.92 Å². The van der Waals surface area contributed by atoms with Crippen LogP contribution >= 0.6 is 23.4 Å². The first-order valence-electron chi connectivity index (χ1n) is 15.0. The summed E-state index contributed by atoms with van der Waals surface area (Å²) in [5.74, 6) is 0.402. The van der Waals surface area contributed by atoms with Crippen LogP contribution in [0.2, 0.25) is 0 Å². The zero-order chi connectivity index (χ0) is 27.0. The van der Waals surface area contributed by atoms with Crippen LogP contribution < -0.4 is 0 Å². The Hall–Kier alpha value is 0.514. The molecule has 220 valence electrons. The molecule has 2 unspecified atom stereocenters. The summed E-state index contributed by atoms with van der Waals surface area (Å²) in [6, 6.07) is 9.33. The van der Waals surface area contributed by atoms with E-state index in [-0.39, 0.29) is 23.2 Å². The topological polar surface area (TPSA) is 34.2 Å². The summed E-state index contributed by atoms with van der Waals surface area (Å²) in [5.41, 5.74) is 1.66. The van der Waals surface area contributed by atoms with Gasteiger partial charge in [-0.15, -0.1) is 0 Å². The Kier molecular flexibility index (Phi) is 14.8. The minimum absolute atomic E-state index is 0. The molecule has 2 heterocycles. The molecular weight excluding hydrogens is 614 g/mol. The molecule has 2 aliphatic carbocycles. The Bertz CT molecular complexity index is 823. The Labute approximate surface area is 259 Å². The van der Waals surface area contributed by atoms with E-state index < -0.39 is 7.44 Å². The van der Waals surface area contributed by atoms with Crippen LogP contribution in [-0.4, -0.2) is 82.3 Å². The maximum absolute atomic E-state index is 7.84. The zero-order valence-electron chi connectivity index (χ0n) is 24.4. The van der Waals surface area contributed by atoms with Crippen molar-refractivity contribution in [3.05, 3.63) is 34.3 Å². The summed E-state index contributed by atoms with van der Waals surface area (Å²) < 4.78 is 24.1. The Morgan fingerprint density at radius 1 is 0.821 bits per heavy atom. The summed E-state index contributed by atoms with van der Waals surface area (Å²) in [7, 11) is 11.2. The van der Waals surface area contributed by atoms with Crippen LogP contribution in [0.25, 0.3) is 0 Å². The van der Waals surface area contributed by atoms with Gasteiger partial charge in [-0.25, -0.2) is 0 Å². The monoisotopic (exact) mass is 663 g/mol. The first-order valence-corrected chi connectivity index (χ1v) is 17.7. The fraction of sp³-hybridized carbons (Fsp3) is 0.800. The van der Waals surface area contributed by atoms with Crippen LogP contribution in [0.15, 0.2) is 28.7 Å². The Balaban J connectivity index is 0.000000630. The molecule has 2 saturated carbocycles. The number of ether oxygens (including phenoxy) is 3. The quantitative estimate of drug-likeness (QED) is 0.193.